The normalized spacial score (nSPS) is 14.6. The van der Waals surface area contributed by atoms with E-state index in [4.69, 9.17) is 11.6 Å². The Labute approximate surface area is 138 Å². The number of alkyl halides is 1. The number of benzene rings is 1. The lowest BCUT2D eigenvalue weighted by atomic mass is 10.2. The van der Waals surface area contributed by atoms with Gasteiger partial charge >= 0.3 is 0 Å². The molecule has 2 rings (SSSR count). The van der Waals surface area contributed by atoms with E-state index in [0.717, 1.165) is 15.5 Å². The minimum absolute atomic E-state index is 0.300. The molecule has 0 amide bonds. The van der Waals surface area contributed by atoms with Crippen LogP contribution in [-0.2, 0) is 16.4 Å². The smallest absolute Gasteiger partial charge is 0.154 e. The van der Waals surface area contributed by atoms with E-state index in [-0.39, 0.29) is 5.38 Å². The third-order valence-electron chi connectivity index (χ3n) is 3.64. The van der Waals surface area contributed by atoms with Crippen LogP contribution in [0.3, 0.4) is 0 Å². The molecule has 0 saturated carbocycles. The first kappa shape index (κ1) is 16.8. The lowest BCUT2D eigenvalue weighted by Gasteiger charge is -2.25. The number of hydrogen-bond donors (Lipinski definition) is 0. The summed E-state index contributed by atoms with van der Waals surface area (Å²) in [5.74, 6) is 0.682. The Bertz CT molecular complexity index is 782. The van der Waals surface area contributed by atoms with Crippen molar-refractivity contribution in [3.05, 3.63) is 28.5 Å². The summed E-state index contributed by atoms with van der Waals surface area (Å²) in [7, 11) is -3.20. The van der Waals surface area contributed by atoms with Crippen molar-refractivity contribution in [2.24, 2.45) is 0 Å². The Balaban J connectivity index is 2.64. The fraction of sp³-hybridized carbons (Fsp3) is 0.500. The highest BCUT2D eigenvalue weighted by Gasteiger charge is 2.32. The summed E-state index contributed by atoms with van der Waals surface area (Å²) < 4.78 is 25.9. The fourth-order valence-electron chi connectivity index (χ4n) is 2.09. The summed E-state index contributed by atoms with van der Waals surface area (Å²) in [4.78, 5) is 4.55. The van der Waals surface area contributed by atoms with Gasteiger partial charge in [0.2, 0.25) is 0 Å². The molecule has 0 radical (unpaired) electrons. The predicted octanol–water partition coefficient (Wildman–Crippen LogP) is 3.92. The first-order valence-electron chi connectivity index (χ1n) is 6.52. The molecule has 1 atom stereocenters. The summed E-state index contributed by atoms with van der Waals surface area (Å²) in [6.45, 7) is 5.59. The van der Waals surface area contributed by atoms with Crippen LogP contribution in [0.2, 0.25) is 0 Å². The van der Waals surface area contributed by atoms with Crippen molar-refractivity contribution in [1.82, 2.24) is 9.55 Å². The number of aromatic nitrogens is 2. The van der Waals surface area contributed by atoms with Gasteiger partial charge in [-0.2, -0.15) is 0 Å². The van der Waals surface area contributed by atoms with Gasteiger partial charge in [-0.1, -0.05) is 15.9 Å². The number of rotatable bonds is 4. The maximum absolute atomic E-state index is 12.0. The van der Waals surface area contributed by atoms with Crippen LogP contribution in [0.15, 0.2) is 22.7 Å². The van der Waals surface area contributed by atoms with Gasteiger partial charge in [-0.05, 0) is 39.0 Å². The van der Waals surface area contributed by atoms with Crippen LogP contribution in [0.1, 0.15) is 32.0 Å². The van der Waals surface area contributed by atoms with Crippen molar-refractivity contribution >= 4 is 48.4 Å². The van der Waals surface area contributed by atoms with E-state index in [1.165, 1.54) is 6.26 Å². The lowest BCUT2D eigenvalue weighted by molar-refractivity contribution is 0.499. The molecule has 0 aliphatic rings. The van der Waals surface area contributed by atoms with E-state index in [9.17, 15) is 8.42 Å². The molecular formula is C14H18BrClN2O2S. The van der Waals surface area contributed by atoms with Crippen molar-refractivity contribution < 1.29 is 8.42 Å². The van der Waals surface area contributed by atoms with E-state index in [0.29, 0.717) is 12.4 Å². The minimum atomic E-state index is -3.20. The van der Waals surface area contributed by atoms with Crippen molar-refractivity contribution in [3.63, 3.8) is 0 Å². The molecule has 21 heavy (non-hydrogen) atoms. The molecule has 0 N–H and O–H groups in total. The summed E-state index contributed by atoms with van der Waals surface area (Å²) >= 11 is 9.64. The Hall–Kier alpha value is -0.590. The van der Waals surface area contributed by atoms with E-state index >= 15 is 0 Å². The number of fused-ring (bicyclic) bond motifs is 1. The molecular weight excluding hydrogens is 376 g/mol. The second-order valence-electron chi connectivity index (χ2n) is 5.84. The van der Waals surface area contributed by atoms with Gasteiger partial charge in [0.05, 0.1) is 21.2 Å². The van der Waals surface area contributed by atoms with Gasteiger partial charge < -0.3 is 4.57 Å². The van der Waals surface area contributed by atoms with Crippen LogP contribution in [0.25, 0.3) is 11.0 Å². The highest BCUT2D eigenvalue weighted by Crippen LogP contribution is 2.29. The van der Waals surface area contributed by atoms with E-state index in [2.05, 4.69) is 20.9 Å². The van der Waals surface area contributed by atoms with Gasteiger partial charge in [0.15, 0.2) is 9.84 Å². The highest BCUT2D eigenvalue weighted by molar-refractivity contribution is 9.10. The van der Waals surface area contributed by atoms with Gasteiger partial charge in [0.1, 0.15) is 5.82 Å². The first-order valence-corrected chi connectivity index (χ1v) is 9.64. The van der Waals surface area contributed by atoms with Crippen LogP contribution in [0.4, 0.5) is 0 Å². The quantitative estimate of drug-likeness (QED) is 0.740. The second kappa shape index (κ2) is 5.56. The Morgan fingerprint density at radius 1 is 1.43 bits per heavy atom. The largest absolute Gasteiger partial charge is 0.325 e. The molecule has 0 saturated heterocycles. The Morgan fingerprint density at radius 2 is 2.05 bits per heavy atom. The molecule has 1 aromatic carbocycles. The second-order valence-corrected chi connectivity index (χ2v) is 10.1. The molecule has 0 bridgehead atoms. The van der Waals surface area contributed by atoms with Crippen LogP contribution in [0, 0.1) is 0 Å². The third kappa shape index (κ3) is 3.27. The van der Waals surface area contributed by atoms with Crippen molar-refractivity contribution in [3.8, 4) is 0 Å². The summed E-state index contributed by atoms with van der Waals surface area (Å²) in [5, 5.41) is -0.300. The van der Waals surface area contributed by atoms with Crippen molar-refractivity contribution in [1.29, 1.82) is 0 Å². The zero-order chi connectivity index (χ0) is 16.0. The number of imidazole rings is 1. The highest BCUT2D eigenvalue weighted by atomic mass is 79.9. The van der Waals surface area contributed by atoms with Crippen molar-refractivity contribution in [2.45, 2.75) is 37.4 Å². The lowest BCUT2D eigenvalue weighted by Crippen LogP contribution is -2.36. The maximum Gasteiger partial charge on any atom is 0.154 e. The summed E-state index contributed by atoms with van der Waals surface area (Å²) in [6.07, 6.45) is 1.26. The molecule has 4 nitrogen and oxygen atoms in total. The maximum atomic E-state index is 12.0. The van der Waals surface area contributed by atoms with Crippen LogP contribution in [-0.4, -0.2) is 29.0 Å². The van der Waals surface area contributed by atoms with Crippen LogP contribution < -0.4 is 0 Å². The molecule has 1 aromatic heterocycles. The SMILES string of the molecule is CC(Cl)c1nc2cc(Br)ccc2n1CC(C)(C)S(C)(=O)=O. The Morgan fingerprint density at radius 3 is 2.57 bits per heavy atom. The van der Waals surface area contributed by atoms with Gasteiger partial charge in [-0.15, -0.1) is 11.6 Å². The van der Waals surface area contributed by atoms with Crippen LogP contribution >= 0.6 is 27.5 Å². The topological polar surface area (TPSA) is 52.0 Å². The zero-order valence-electron chi connectivity index (χ0n) is 12.4. The van der Waals surface area contributed by atoms with Crippen LogP contribution in [0.5, 0.6) is 0 Å². The number of hydrogen-bond acceptors (Lipinski definition) is 3. The van der Waals surface area contributed by atoms with Gasteiger partial charge in [-0.25, -0.2) is 13.4 Å². The molecule has 0 fully saturated rings. The molecule has 1 heterocycles. The zero-order valence-corrected chi connectivity index (χ0v) is 15.6. The fourth-order valence-corrected chi connectivity index (χ4v) is 2.97. The average Bonchev–Trinajstić information content (AvgIpc) is 2.65. The summed E-state index contributed by atoms with van der Waals surface area (Å²) in [5.41, 5.74) is 1.69. The standard InChI is InChI=1S/C14H18BrClN2O2S/c1-9(16)13-17-11-7-10(15)5-6-12(11)18(13)8-14(2,3)21(4,19)20/h5-7,9H,8H2,1-4H3. The molecule has 116 valence electrons. The third-order valence-corrected chi connectivity index (χ3v) is 6.46. The first-order chi connectivity index (χ1) is 9.53. The molecule has 0 aliphatic carbocycles. The minimum Gasteiger partial charge on any atom is -0.325 e. The van der Waals surface area contributed by atoms with Gasteiger partial charge in [0, 0.05) is 17.3 Å². The average molecular weight is 394 g/mol. The van der Waals surface area contributed by atoms with E-state index in [1.54, 1.807) is 13.8 Å². The monoisotopic (exact) mass is 392 g/mol. The molecule has 0 aliphatic heterocycles. The Kier molecular flexibility index (Phi) is 4.44. The van der Waals surface area contributed by atoms with Crippen molar-refractivity contribution in [2.75, 3.05) is 6.26 Å². The molecule has 1 unspecified atom stereocenters. The molecule has 0 spiro atoms. The number of nitrogens with zero attached hydrogens (tertiary/aromatic N) is 2. The number of sulfone groups is 1. The number of halogens is 2. The predicted molar refractivity (Wildman–Crippen MR) is 90.6 cm³/mol. The van der Waals surface area contributed by atoms with Gasteiger partial charge in [-0.3, -0.25) is 0 Å². The summed E-state index contributed by atoms with van der Waals surface area (Å²) in [6, 6.07) is 5.74. The van der Waals surface area contributed by atoms with Gasteiger partial charge in [0.25, 0.3) is 0 Å². The van der Waals surface area contributed by atoms with E-state index in [1.807, 2.05) is 29.7 Å². The van der Waals surface area contributed by atoms with E-state index < -0.39 is 14.6 Å². The molecule has 7 heteroatoms. The molecule has 2 aromatic rings.